The Morgan fingerprint density at radius 1 is 0.784 bits per heavy atom. The monoisotopic (exact) mass is 515 g/mol. The van der Waals surface area contributed by atoms with E-state index in [4.69, 9.17) is 4.74 Å². The maximum atomic E-state index is 6.38. The summed E-state index contributed by atoms with van der Waals surface area (Å²) in [6.45, 7) is 17.1. The number of ether oxygens (including phenoxy) is 1. The van der Waals surface area contributed by atoms with E-state index in [1.165, 1.54) is 125 Å². The highest BCUT2D eigenvalue weighted by atomic mass is 16.5. The highest BCUT2D eigenvalue weighted by molar-refractivity contribution is 5.45. The lowest BCUT2D eigenvalue weighted by Crippen LogP contribution is -2.05. The van der Waals surface area contributed by atoms with E-state index < -0.39 is 0 Å². The van der Waals surface area contributed by atoms with Crippen molar-refractivity contribution in [3.8, 4) is 5.75 Å². The van der Waals surface area contributed by atoms with Gasteiger partial charge in [-0.3, -0.25) is 0 Å². The first-order valence-electron chi connectivity index (χ1n) is 15.8. The minimum atomic E-state index is 0. The molecule has 37 heavy (non-hydrogen) atoms. The lowest BCUT2D eigenvalue weighted by molar-refractivity contribution is 0.298. The molecule has 0 spiro atoms. The van der Waals surface area contributed by atoms with Gasteiger partial charge >= 0.3 is 0 Å². The van der Waals surface area contributed by atoms with Crippen LogP contribution in [0.3, 0.4) is 0 Å². The second kappa shape index (κ2) is 22.7. The zero-order valence-electron chi connectivity index (χ0n) is 25.5. The van der Waals surface area contributed by atoms with E-state index in [1.807, 2.05) is 0 Å². The van der Waals surface area contributed by atoms with Crippen molar-refractivity contribution in [3.63, 3.8) is 0 Å². The highest BCUT2D eigenvalue weighted by Crippen LogP contribution is 2.30. The van der Waals surface area contributed by atoms with Gasteiger partial charge in [0.1, 0.15) is 5.75 Å². The molecule has 1 aromatic rings. The average molecular weight is 515 g/mol. The smallest absolute Gasteiger partial charge is 0.125 e. The molecule has 2 unspecified atom stereocenters. The molecule has 0 N–H and O–H groups in total. The fourth-order valence-corrected chi connectivity index (χ4v) is 5.19. The quantitative estimate of drug-likeness (QED) is 0.110. The molecule has 2 atom stereocenters. The Bertz CT molecular complexity index is 701. The van der Waals surface area contributed by atoms with Gasteiger partial charge in [0, 0.05) is 0 Å². The van der Waals surface area contributed by atoms with E-state index in [-0.39, 0.29) is 7.43 Å². The maximum Gasteiger partial charge on any atom is 0.125 e. The summed E-state index contributed by atoms with van der Waals surface area (Å²) >= 11 is 0. The summed E-state index contributed by atoms with van der Waals surface area (Å²) in [6, 6.07) is 4.61. The normalized spacial score (nSPS) is 13.3. The van der Waals surface area contributed by atoms with E-state index in [0.29, 0.717) is 0 Å². The van der Waals surface area contributed by atoms with E-state index >= 15 is 0 Å². The molecule has 0 aliphatic rings. The van der Waals surface area contributed by atoms with Crippen LogP contribution in [0.1, 0.15) is 161 Å². The number of aryl methyl sites for hydroxylation is 2. The molecular formula is C36H66O. The number of benzene rings is 1. The zero-order valence-corrected chi connectivity index (χ0v) is 25.5. The first-order valence-corrected chi connectivity index (χ1v) is 15.8. The highest BCUT2D eigenvalue weighted by Gasteiger charge is 2.12. The molecule has 216 valence electrons. The second-order valence-corrected chi connectivity index (χ2v) is 11.9. The van der Waals surface area contributed by atoms with Gasteiger partial charge < -0.3 is 4.74 Å². The van der Waals surface area contributed by atoms with E-state index in [1.54, 1.807) is 5.57 Å². The number of unbranched alkanes of at least 4 members (excludes halogenated alkanes) is 7. The minimum Gasteiger partial charge on any atom is -0.493 e. The molecule has 1 aromatic carbocycles. The van der Waals surface area contributed by atoms with Crippen LogP contribution in [0.15, 0.2) is 23.8 Å². The topological polar surface area (TPSA) is 9.23 Å². The van der Waals surface area contributed by atoms with Crippen LogP contribution in [0.4, 0.5) is 0 Å². The Morgan fingerprint density at radius 3 is 2.11 bits per heavy atom. The lowest BCUT2D eigenvalue weighted by atomic mass is 9.91. The molecule has 1 rings (SSSR count). The molecule has 1 heteroatoms. The minimum absolute atomic E-state index is 0. The fraction of sp³-hybridized carbons (Fsp3) is 0.778. The number of rotatable bonds is 22. The lowest BCUT2D eigenvalue weighted by Gasteiger charge is -2.18. The summed E-state index contributed by atoms with van der Waals surface area (Å²) < 4.78 is 6.38. The molecular weight excluding hydrogens is 448 g/mol. The Hall–Kier alpha value is -1.24. The molecule has 0 saturated heterocycles. The fourth-order valence-electron chi connectivity index (χ4n) is 5.19. The van der Waals surface area contributed by atoms with Crippen LogP contribution in [0.5, 0.6) is 5.75 Å². The molecule has 0 fully saturated rings. The Kier molecular flexibility index (Phi) is 22.0. The van der Waals surface area contributed by atoms with Crippen LogP contribution in [-0.4, -0.2) is 6.61 Å². The molecule has 1 nitrogen and oxygen atoms in total. The summed E-state index contributed by atoms with van der Waals surface area (Å²) in [5, 5.41) is 0. The predicted molar refractivity (Wildman–Crippen MR) is 169 cm³/mol. The van der Waals surface area contributed by atoms with Crippen molar-refractivity contribution in [2.45, 2.75) is 165 Å². The van der Waals surface area contributed by atoms with Gasteiger partial charge in [0.05, 0.1) is 6.61 Å². The van der Waals surface area contributed by atoms with Gasteiger partial charge in [-0.25, -0.2) is 0 Å². The van der Waals surface area contributed by atoms with Crippen molar-refractivity contribution in [2.75, 3.05) is 6.61 Å². The maximum absolute atomic E-state index is 6.38. The van der Waals surface area contributed by atoms with Crippen molar-refractivity contribution in [3.05, 3.63) is 40.5 Å². The SMILES string of the molecule is C.CCCC/C=C(\C)CCCC(C)CCCC(C)CCc1ccc(C)c(C)c1OCCCCCCCC. The van der Waals surface area contributed by atoms with Gasteiger partial charge in [0.2, 0.25) is 0 Å². The summed E-state index contributed by atoms with van der Waals surface area (Å²) in [5.74, 6) is 2.83. The Labute approximate surface area is 234 Å². The molecule has 0 aliphatic heterocycles. The van der Waals surface area contributed by atoms with Crippen molar-refractivity contribution in [2.24, 2.45) is 11.8 Å². The standard InChI is InChI=1S/C35H62O.CH4/c1-8-10-12-13-14-16-28-36-35-33(7)32(6)25-27-34(35)26-24-31(5)23-18-22-30(4)21-17-20-29(3)19-15-11-9-2;/h19,25,27,30-31H,8-18,20-24,26,28H2,1-7H3;1H4/b29-19+;. The molecule has 0 amide bonds. The third-order valence-corrected chi connectivity index (χ3v) is 8.12. The third-order valence-electron chi connectivity index (χ3n) is 8.12. The Balaban J connectivity index is 0.0000130. The van der Waals surface area contributed by atoms with Crippen molar-refractivity contribution in [1.29, 1.82) is 0 Å². The van der Waals surface area contributed by atoms with Crippen LogP contribution in [0.2, 0.25) is 0 Å². The van der Waals surface area contributed by atoms with Crippen LogP contribution in [-0.2, 0) is 6.42 Å². The van der Waals surface area contributed by atoms with Gasteiger partial charge in [0.25, 0.3) is 0 Å². The number of hydrogen-bond donors (Lipinski definition) is 0. The van der Waals surface area contributed by atoms with Crippen LogP contribution in [0.25, 0.3) is 0 Å². The van der Waals surface area contributed by atoms with Gasteiger partial charge in [-0.15, -0.1) is 0 Å². The van der Waals surface area contributed by atoms with Crippen molar-refractivity contribution < 1.29 is 4.74 Å². The Morgan fingerprint density at radius 2 is 1.41 bits per heavy atom. The van der Waals surface area contributed by atoms with E-state index in [9.17, 15) is 0 Å². The molecule has 0 heterocycles. The van der Waals surface area contributed by atoms with Crippen molar-refractivity contribution in [1.82, 2.24) is 0 Å². The largest absolute Gasteiger partial charge is 0.493 e. The van der Waals surface area contributed by atoms with Crippen LogP contribution < -0.4 is 4.74 Å². The van der Waals surface area contributed by atoms with E-state index in [2.05, 4.69) is 66.7 Å². The zero-order chi connectivity index (χ0) is 26.6. The molecule has 0 radical (unpaired) electrons. The summed E-state index contributed by atoms with van der Waals surface area (Å²) in [7, 11) is 0. The predicted octanol–water partition coefficient (Wildman–Crippen LogP) is 12.4. The third kappa shape index (κ3) is 17.1. The van der Waals surface area contributed by atoms with Gasteiger partial charge in [-0.1, -0.05) is 130 Å². The average Bonchev–Trinajstić information content (AvgIpc) is 2.85. The summed E-state index contributed by atoms with van der Waals surface area (Å²) in [5.41, 5.74) is 5.72. The van der Waals surface area contributed by atoms with Crippen molar-refractivity contribution >= 4 is 0 Å². The molecule has 0 aromatic heterocycles. The van der Waals surface area contributed by atoms with Gasteiger partial charge in [0.15, 0.2) is 0 Å². The number of hydrogen-bond acceptors (Lipinski definition) is 1. The summed E-state index contributed by atoms with van der Waals surface area (Å²) in [4.78, 5) is 0. The van der Waals surface area contributed by atoms with Gasteiger partial charge in [-0.05, 0) is 87.8 Å². The second-order valence-electron chi connectivity index (χ2n) is 11.9. The molecule has 0 saturated carbocycles. The summed E-state index contributed by atoms with van der Waals surface area (Å²) in [6.07, 6.45) is 24.8. The first kappa shape index (κ1) is 35.8. The van der Waals surface area contributed by atoms with E-state index in [0.717, 1.165) is 24.9 Å². The van der Waals surface area contributed by atoms with Gasteiger partial charge in [-0.2, -0.15) is 0 Å². The number of allylic oxidation sites excluding steroid dienone is 2. The van der Waals surface area contributed by atoms with Crippen LogP contribution in [0, 0.1) is 25.7 Å². The molecule has 0 aliphatic carbocycles. The molecule has 0 bridgehead atoms. The van der Waals surface area contributed by atoms with Crippen LogP contribution >= 0.6 is 0 Å². The first-order chi connectivity index (χ1) is 17.4.